The summed E-state index contributed by atoms with van der Waals surface area (Å²) in [6.07, 6.45) is 0. The second-order valence-corrected chi connectivity index (χ2v) is 5.03. The van der Waals surface area contributed by atoms with Gasteiger partial charge in [0.15, 0.2) is 0 Å². The SMILES string of the molecule is CN(C)CC(=O)NC(C)(C)c1ccc(N)cc1. The quantitative estimate of drug-likeness (QED) is 0.771. The van der Waals surface area contributed by atoms with Crippen LogP contribution in [0.15, 0.2) is 24.3 Å². The molecule has 0 aliphatic carbocycles. The molecule has 94 valence electrons. The largest absolute Gasteiger partial charge is 0.399 e. The molecule has 0 saturated carbocycles. The van der Waals surface area contributed by atoms with Crippen molar-refractivity contribution >= 4 is 11.6 Å². The van der Waals surface area contributed by atoms with Crippen molar-refractivity contribution in [3.8, 4) is 0 Å². The zero-order valence-electron chi connectivity index (χ0n) is 10.9. The van der Waals surface area contributed by atoms with Crippen LogP contribution in [-0.2, 0) is 10.3 Å². The molecule has 1 aromatic rings. The summed E-state index contributed by atoms with van der Waals surface area (Å²) in [5.74, 6) is 0.0109. The average Bonchev–Trinajstić information content (AvgIpc) is 2.15. The second kappa shape index (κ2) is 5.19. The summed E-state index contributed by atoms with van der Waals surface area (Å²) in [6.45, 7) is 4.34. The third-order valence-corrected chi connectivity index (χ3v) is 2.54. The Morgan fingerprint density at radius 1 is 1.29 bits per heavy atom. The van der Waals surface area contributed by atoms with Crippen LogP contribution in [0.2, 0.25) is 0 Å². The molecule has 4 heteroatoms. The smallest absolute Gasteiger partial charge is 0.234 e. The number of carbonyl (C=O) groups is 1. The molecule has 1 aromatic carbocycles. The fourth-order valence-electron chi connectivity index (χ4n) is 1.65. The van der Waals surface area contributed by atoms with E-state index in [1.807, 2.05) is 57.1 Å². The van der Waals surface area contributed by atoms with Gasteiger partial charge in [-0.2, -0.15) is 0 Å². The summed E-state index contributed by atoms with van der Waals surface area (Å²) in [6, 6.07) is 7.56. The molecule has 3 N–H and O–H groups in total. The minimum atomic E-state index is -0.388. The third kappa shape index (κ3) is 4.07. The molecule has 0 unspecified atom stereocenters. The summed E-state index contributed by atoms with van der Waals surface area (Å²) < 4.78 is 0. The van der Waals surface area contributed by atoms with Gasteiger partial charge >= 0.3 is 0 Å². The Kier molecular flexibility index (Phi) is 4.12. The first-order valence-electron chi connectivity index (χ1n) is 5.63. The first-order valence-corrected chi connectivity index (χ1v) is 5.63. The molecule has 0 fully saturated rings. The number of anilines is 1. The van der Waals surface area contributed by atoms with Crippen LogP contribution in [0, 0.1) is 0 Å². The van der Waals surface area contributed by atoms with Gasteiger partial charge in [0.05, 0.1) is 12.1 Å². The van der Waals surface area contributed by atoms with E-state index >= 15 is 0 Å². The number of amides is 1. The monoisotopic (exact) mass is 235 g/mol. The zero-order chi connectivity index (χ0) is 13.1. The van der Waals surface area contributed by atoms with Gasteiger partial charge in [0.25, 0.3) is 0 Å². The lowest BCUT2D eigenvalue weighted by Gasteiger charge is -2.27. The molecule has 0 aromatic heterocycles. The molecule has 0 spiro atoms. The lowest BCUT2D eigenvalue weighted by molar-refractivity contribution is -0.123. The maximum absolute atomic E-state index is 11.7. The van der Waals surface area contributed by atoms with Crippen LogP contribution in [0.4, 0.5) is 5.69 Å². The van der Waals surface area contributed by atoms with Crippen molar-refractivity contribution in [3.63, 3.8) is 0 Å². The van der Waals surface area contributed by atoms with E-state index < -0.39 is 0 Å². The Morgan fingerprint density at radius 3 is 2.29 bits per heavy atom. The van der Waals surface area contributed by atoms with Crippen molar-refractivity contribution in [2.24, 2.45) is 0 Å². The van der Waals surface area contributed by atoms with E-state index in [4.69, 9.17) is 5.73 Å². The van der Waals surface area contributed by atoms with Crippen molar-refractivity contribution < 1.29 is 4.79 Å². The van der Waals surface area contributed by atoms with Crippen LogP contribution in [-0.4, -0.2) is 31.4 Å². The molecule has 0 aliphatic heterocycles. The Hall–Kier alpha value is -1.55. The van der Waals surface area contributed by atoms with Gasteiger partial charge in [-0.1, -0.05) is 12.1 Å². The van der Waals surface area contributed by atoms with Gasteiger partial charge in [-0.15, -0.1) is 0 Å². The van der Waals surface area contributed by atoms with Crippen molar-refractivity contribution in [3.05, 3.63) is 29.8 Å². The zero-order valence-corrected chi connectivity index (χ0v) is 10.9. The molecule has 4 nitrogen and oxygen atoms in total. The highest BCUT2D eigenvalue weighted by Gasteiger charge is 2.22. The van der Waals surface area contributed by atoms with Crippen molar-refractivity contribution in [2.75, 3.05) is 26.4 Å². The lowest BCUT2D eigenvalue weighted by atomic mass is 9.94. The highest BCUT2D eigenvalue weighted by atomic mass is 16.2. The number of benzene rings is 1. The molecule has 0 radical (unpaired) electrons. The number of nitrogen functional groups attached to an aromatic ring is 1. The fraction of sp³-hybridized carbons (Fsp3) is 0.462. The molecule has 1 rings (SSSR count). The van der Waals surface area contributed by atoms with Gasteiger partial charge in [0, 0.05) is 5.69 Å². The summed E-state index contributed by atoms with van der Waals surface area (Å²) in [4.78, 5) is 13.6. The number of nitrogens with one attached hydrogen (secondary N) is 1. The molecule has 0 atom stereocenters. The molecule has 0 aliphatic rings. The fourth-order valence-corrected chi connectivity index (χ4v) is 1.65. The highest BCUT2D eigenvalue weighted by molar-refractivity contribution is 5.79. The number of nitrogens with zero attached hydrogens (tertiary/aromatic N) is 1. The topological polar surface area (TPSA) is 58.4 Å². The average molecular weight is 235 g/mol. The minimum absolute atomic E-state index is 0.0109. The van der Waals surface area contributed by atoms with Crippen LogP contribution in [0.5, 0.6) is 0 Å². The van der Waals surface area contributed by atoms with Crippen molar-refractivity contribution in [1.82, 2.24) is 10.2 Å². The molecule has 0 saturated heterocycles. The van der Waals surface area contributed by atoms with Crippen LogP contribution in [0.1, 0.15) is 19.4 Å². The van der Waals surface area contributed by atoms with E-state index in [-0.39, 0.29) is 11.4 Å². The predicted octanol–water partition coefficient (Wildman–Crippen LogP) is 1.18. The number of nitrogens with two attached hydrogens (primary N) is 1. The standard InChI is InChI=1S/C13H21N3O/c1-13(2,15-12(17)9-16(3)4)10-5-7-11(14)8-6-10/h5-8H,9,14H2,1-4H3,(H,15,17). The van der Waals surface area contributed by atoms with Crippen LogP contribution < -0.4 is 11.1 Å². The molecule has 0 heterocycles. The molecule has 0 bridgehead atoms. The van der Waals surface area contributed by atoms with Gasteiger partial charge < -0.3 is 16.0 Å². The summed E-state index contributed by atoms with van der Waals surface area (Å²) >= 11 is 0. The lowest BCUT2D eigenvalue weighted by Crippen LogP contribution is -2.44. The summed E-state index contributed by atoms with van der Waals surface area (Å²) in [7, 11) is 3.74. The van der Waals surface area contributed by atoms with Gasteiger partial charge in [-0.05, 0) is 45.6 Å². The normalized spacial score (nSPS) is 11.6. The molecule has 1 amide bonds. The molecular weight excluding hydrogens is 214 g/mol. The van der Waals surface area contributed by atoms with Crippen LogP contribution >= 0.6 is 0 Å². The molecular formula is C13H21N3O. The Morgan fingerprint density at radius 2 is 1.82 bits per heavy atom. The number of carbonyl (C=O) groups excluding carboxylic acids is 1. The third-order valence-electron chi connectivity index (χ3n) is 2.54. The predicted molar refractivity (Wildman–Crippen MR) is 70.6 cm³/mol. The van der Waals surface area contributed by atoms with E-state index in [9.17, 15) is 4.79 Å². The van der Waals surface area contributed by atoms with E-state index in [1.54, 1.807) is 0 Å². The van der Waals surface area contributed by atoms with E-state index in [0.717, 1.165) is 11.3 Å². The highest BCUT2D eigenvalue weighted by Crippen LogP contribution is 2.20. The van der Waals surface area contributed by atoms with Crippen molar-refractivity contribution in [1.29, 1.82) is 0 Å². The summed E-state index contributed by atoms with van der Waals surface area (Å²) in [5.41, 5.74) is 7.02. The second-order valence-electron chi connectivity index (χ2n) is 5.03. The number of likely N-dealkylation sites (N-methyl/N-ethyl adjacent to an activating group) is 1. The summed E-state index contributed by atoms with van der Waals surface area (Å²) in [5, 5.41) is 3.00. The Balaban J connectivity index is 2.74. The van der Waals surface area contributed by atoms with Crippen LogP contribution in [0.25, 0.3) is 0 Å². The number of hydrogen-bond acceptors (Lipinski definition) is 3. The van der Waals surface area contributed by atoms with Gasteiger partial charge in [-0.3, -0.25) is 4.79 Å². The van der Waals surface area contributed by atoms with Crippen LogP contribution in [0.3, 0.4) is 0 Å². The van der Waals surface area contributed by atoms with E-state index in [0.29, 0.717) is 6.54 Å². The van der Waals surface area contributed by atoms with Gasteiger partial charge in [0.2, 0.25) is 5.91 Å². The van der Waals surface area contributed by atoms with E-state index in [1.165, 1.54) is 0 Å². The Labute approximate surface area is 103 Å². The minimum Gasteiger partial charge on any atom is -0.399 e. The van der Waals surface area contributed by atoms with Crippen molar-refractivity contribution in [2.45, 2.75) is 19.4 Å². The maximum Gasteiger partial charge on any atom is 0.234 e. The first-order chi connectivity index (χ1) is 7.81. The van der Waals surface area contributed by atoms with E-state index in [2.05, 4.69) is 5.32 Å². The maximum atomic E-state index is 11.7. The number of hydrogen-bond donors (Lipinski definition) is 2. The molecule has 17 heavy (non-hydrogen) atoms. The Bertz CT molecular complexity index is 382. The van der Waals surface area contributed by atoms with Gasteiger partial charge in [0.1, 0.15) is 0 Å². The number of rotatable bonds is 4. The first kappa shape index (κ1) is 13.5. The van der Waals surface area contributed by atoms with Gasteiger partial charge in [-0.25, -0.2) is 0 Å².